The highest BCUT2D eigenvalue weighted by atomic mass is 79.9. The highest BCUT2D eigenvalue weighted by molar-refractivity contribution is 9.10. The van der Waals surface area contributed by atoms with Gasteiger partial charge in [0.2, 0.25) is 0 Å². The molecule has 0 unspecified atom stereocenters. The Kier molecular flexibility index (Phi) is 3.94. The number of halogens is 1. The zero-order valence-electron chi connectivity index (χ0n) is 7.86. The fourth-order valence-corrected chi connectivity index (χ4v) is 1.33. The second-order valence-corrected chi connectivity index (χ2v) is 3.66. The Bertz CT molecular complexity index is 305. The summed E-state index contributed by atoms with van der Waals surface area (Å²) in [5.74, 6) is 0.257. The number of aryl methyl sites for hydroxylation is 1. The minimum Gasteiger partial charge on any atom is -0.469 e. The average Bonchev–Trinajstić information content (AvgIpc) is 2.46. The Morgan fingerprint density at radius 3 is 3.00 bits per heavy atom. The SMILES string of the molecule is COC(=O)CCCn1cc(Br)c(N)n1. The van der Waals surface area contributed by atoms with E-state index in [-0.39, 0.29) is 5.97 Å². The van der Waals surface area contributed by atoms with Crippen molar-refractivity contribution in [3.8, 4) is 0 Å². The summed E-state index contributed by atoms with van der Waals surface area (Å²) < 4.78 is 6.98. The molecule has 1 rings (SSSR count). The first kappa shape index (κ1) is 11.0. The van der Waals surface area contributed by atoms with Crippen LogP contribution in [0.15, 0.2) is 10.7 Å². The maximum absolute atomic E-state index is 10.8. The number of nitrogens with two attached hydrogens (primary N) is 1. The molecule has 6 heteroatoms. The number of aromatic nitrogens is 2. The second kappa shape index (κ2) is 4.99. The van der Waals surface area contributed by atoms with Gasteiger partial charge in [0.1, 0.15) is 0 Å². The van der Waals surface area contributed by atoms with Crippen LogP contribution in [0, 0.1) is 0 Å². The van der Waals surface area contributed by atoms with E-state index in [0.717, 1.165) is 4.47 Å². The molecule has 0 aliphatic rings. The molecule has 14 heavy (non-hydrogen) atoms. The molecule has 0 saturated heterocycles. The molecule has 0 aliphatic heterocycles. The molecular formula is C8H12BrN3O2. The predicted molar refractivity (Wildman–Crippen MR) is 55.6 cm³/mol. The predicted octanol–water partition coefficient (Wildman–Crippen LogP) is 1.18. The molecule has 0 fully saturated rings. The van der Waals surface area contributed by atoms with E-state index in [9.17, 15) is 4.79 Å². The molecule has 1 aromatic heterocycles. The van der Waals surface area contributed by atoms with Gasteiger partial charge in [-0.2, -0.15) is 5.10 Å². The van der Waals surface area contributed by atoms with Crippen molar-refractivity contribution >= 4 is 27.7 Å². The molecule has 0 saturated carbocycles. The van der Waals surface area contributed by atoms with E-state index in [4.69, 9.17) is 5.73 Å². The Hall–Kier alpha value is -1.04. The normalized spacial score (nSPS) is 10.1. The monoisotopic (exact) mass is 261 g/mol. The Labute approximate surface area is 90.3 Å². The molecule has 0 atom stereocenters. The van der Waals surface area contributed by atoms with Crippen molar-refractivity contribution in [1.82, 2.24) is 9.78 Å². The van der Waals surface area contributed by atoms with Crippen LogP contribution in [0.25, 0.3) is 0 Å². The highest BCUT2D eigenvalue weighted by Gasteiger charge is 2.03. The smallest absolute Gasteiger partial charge is 0.305 e. The lowest BCUT2D eigenvalue weighted by Gasteiger charge is -1.99. The van der Waals surface area contributed by atoms with Crippen molar-refractivity contribution < 1.29 is 9.53 Å². The van der Waals surface area contributed by atoms with Gasteiger partial charge in [-0.25, -0.2) is 0 Å². The van der Waals surface area contributed by atoms with Crippen LogP contribution in [0.5, 0.6) is 0 Å². The molecule has 2 N–H and O–H groups in total. The Morgan fingerprint density at radius 2 is 2.50 bits per heavy atom. The van der Waals surface area contributed by atoms with Crippen LogP contribution >= 0.6 is 15.9 Å². The highest BCUT2D eigenvalue weighted by Crippen LogP contribution is 2.16. The molecule has 0 amide bonds. The van der Waals surface area contributed by atoms with Crippen LogP contribution in [0.3, 0.4) is 0 Å². The maximum atomic E-state index is 10.8. The first-order valence-corrected chi connectivity index (χ1v) is 4.98. The minimum absolute atomic E-state index is 0.204. The van der Waals surface area contributed by atoms with Crippen LogP contribution in [-0.2, 0) is 16.1 Å². The van der Waals surface area contributed by atoms with Gasteiger partial charge < -0.3 is 10.5 Å². The summed E-state index contributed by atoms with van der Waals surface area (Å²) in [6.45, 7) is 0.658. The van der Waals surface area contributed by atoms with Crippen LogP contribution in [-0.4, -0.2) is 22.9 Å². The number of carbonyl (C=O) groups excluding carboxylic acids is 1. The zero-order chi connectivity index (χ0) is 10.6. The van der Waals surface area contributed by atoms with E-state index in [0.29, 0.717) is 25.2 Å². The maximum Gasteiger partial charge on any atom is 0.305 e. The van der Waals surface area contributed by atoms with Gasteiger partial charge in [-0.05, 0) is 22.4 Å². The van der Waals surface area contributed by atoms with Crippen molar-refractivity contribution in [1.29, 1.82) is 0 Å². The van der Waals surface area contributed by atoms with Crippen molar-refractivity contribution in [2.45, 2.75) is 19.4 Å². The fourth-order valence-electron chi connectivity index (χ4n) is 1.01. The third-order valence-electron chi connectivity index (χ3n) is 1.74. The number of rotatable bonds is 4. The summed E-state index contributed by atoms with van der Waals surface area (Å²) in [5.41, 5.74) is 5.53. The lowest BCUT2D eigenvalue weighted by atomic mass is 10.3. The van der Waals surface area contributed by atoms with Gasteiger partial charge in [0.15, 0.2) is 5.82 Å². The van der Waals surface area contributed by atoms with Gasteiger partial charge >= 0.3 is 5.97 Å². The van der Waals surface area contributed by atoms with Gasteiger partial charge in [-0.1, -0.05) is 0 Å². The Balaban J connectivity index is 2.35. The van der Waals surface area contributed by atoms with Crippen LogP contribution in [0.2, 0.25) is 0 Å². The molecule has 0 bridgehead atoms. The van der Waals surface area contributed by atoms with Gasteiger partial charge in [0.25, 0.3) is 0 Å². The van der Waals surface area contributed by atoms with Crippen molar-refractivity contribution in [2.24, 2.45) is 0 Å². The third kappa shape index (κ3) is 3.02. The molecule has 0 aromatic carbocycles. The number of hydrogen-bond donors (Lipinski definition) is 1. The van der Waals surface area contributed by atoms with Crippen LogP contribution < -0.4 is 5.73 Å². The van der Waals surface area contributed by atoms with Crippen LogP contribution in [0.1, 0.15) is 12.8 Å². The van der Waals surface area contributed by atoms with E-state index >= 15 is 0 Å². The van der Waals surface area contributed by atoms with Crippen LogP contribution in [0.4, 0.5) is 5.82 Å². The average molecular weight is 262 g/mol. The van der Waals surface area contributed by atoms with E-state index in [1.807, 2.05) is 0 Å². The van der Waals surface area contributed by atoms with Gasteiger partial charge in [0.05, 0.1) is 11.6 Å². The topological polar surface area (TPSA) is 70.1 Å². The van der Waals surface area contributed by atoms with Gasteiger partial charge in [-0.15, -0.1) is 0 Å². The molecular weight excluding hydrogens is 250 g/mol. The van der Waals surface area contributed by atoms with E-state index in [2.05, 4.69) is 25.8 Å². The number of esters is 1. The van der Waals surface area contributed by atoms with E-state index in [1.165, 1.54) is 7.11 Å². The third-order valence-corrected chi connectivity index (χ3v) is 2.35. The molecule has 5 nitrogen and oxygen atoms in total. The second-order valence-electron chi connectivity index (χ2n) is 2.81. The van der Waals surface area contributed by atoms with Crippen molar-refractivity contribution in [2.75, 3.05) is 12.8 Å². The summed E-state index contributed by atoms with van der Waals surface area (Å²) in [5, 5.41) is 4.03. The molecule has 1 aromatic rings. The lowest BCUT2D eigenvalue weighted by Crippen LogP contribution is -2.04. The molecule has 0 radical (unpaired) electrons. The first-order valence-electron chi connectivity index (χ1n) is 4.18. The lowest BCUT2D eigenvalue weighted by molar-refractivity contribution is -0.140. The largest absolute Gasteiger partial charge is 0.469 e. The van der Waals surface area contributed by atoms with Gasteiger partial charge in [0, 0.05) is 19.2 Å². The summed E-state index contributed by atoms with van der Waals surface area (Å²) in [6.07, 6.45) is 2.88. The number of nitrogen functional groups attached to an aromatic ring is 1. The molecule has 0 spiro atoms. The summed E-state index contributed by atoms with van der Waals surface area (Å²) >= 11 is 3.25. The zero-order valence-corrected chi connectivity index (χ0v) is 9.45. The fraction of sp³-hybridized carbons (Fsp3) is 0.500. The van der Waals surface area contributed by atoms with Crippen molar-refractivity contribution in [3.05, 3.63) is 10.7 Å². The van der Waals surface area contributed by atoms with E-state index in [1.54, 1.807) is 10.9 Å². The minimum atomic E-state index is -0.204. The summed E-state index contributed by atoms with van der Waals surface area (Å²) in [6, 6.07) is 0. The molecule has 78 valence electrons. The first-order chi connectivity index (χ1) is 6.63. The molecule has 0 aliphatic carbocycles. The standard InChI is InChI=1S/C8H12BrN3O2/c1-14-7(13)3-2-4-12-5-6(9)8(10)11-12/h5H,2-4H2,1H3,(H2,10,11). The van der Waals surface area contributed by atoms with E-state index < -0.39 is 0 Å². The van der Waals surface area contributed by atoms with Crippen molar-refractivity contribution in [3.63, 3.8) is 0 Å². The number of hydrogen-bond acceptors (Lipinski definition) is 4. The number of carbonyl (C=O) groups is 1. The number of ether oxygens (including phenoxy) is 1. The Morgan fingerprint density at radius 1 is 1.79 bits per heavy atom. The quantitative estimate of drug-likeness (QED) is 0.827. The summed E-state index contributed by atoms with van der Waals surface area (Å²) in [4.78, 5) is 10.8. The van der Waals surface area contributed by atoms with Gasteiger partial charge in [-0.3, -0.25) is 9.48 Å². The summed E-state index contributed by atoms with van der Waals surface area (Å²) in [7, 11) is 1.38. The number of methoxy groups -OCH3 is 1. The number of nitrogens with zero attached hydrogens (tertiary/aromatic N) is 2. The number of anilines is 1. The molecule has 1 heterocycles.